The average molecular weight is 171 g/mol. The van der Waals surface area contributed by atoms with Gasteiger partial charge in [-0.15, -0.1) is 0 Å². The van der Waals surface area contributed by atoms with Crippen LogP contribution in [0.1, 0.15) is 20.8 Å². The van der Waals surface area contributed by atoms with Crippen molar-refractivity contribution in [2.75, 3.05) is 27.2 Å². The van der Waals surface area contributed by atoms with Crippen LogP contribution in [0.15, 0.2) is 4.99 Å². The van der Waals surface area contributed by atoms with Gasteiger partial charge in [-0.3, -0.25) is 4.99 Å². The van der Waals surface area contributed by atoms with Crippen molar-refractivity contribution in [3.05, 3.63) is 0 Å². The summed E-state index contributed by atoms with van der Waals surface area (Å²) < 4.78 is 0. The first-order chi connectivity index (χ1) is 5.34. The molecule has 72 valence electrons. The molecule has 0 unspecified atom stereocenters. The van der Waals surface area contributed by atoms with E-state index in [0.29, 0.717) is 0 Å². The summed E-state index contributed by atoms with van der Waals surface area (Å²) in [5.41, 5.74) is 5.77. The maximum Gasteiger partial charge on any atom is 0.0991 e. The Labute approximate surface area is 75.7 Å². The first-order valence-electron chi connectivity index (χ1n) is 4.29. The van der Waals surface area contributed by atoms with Crippen LogP contribution in [-0.2, 0) is 0 Å². The van der Waals surface area contributed by atoms with Gasteiger partial charge in [0.25, 0.3) is 0 Å². The van der Waals surface area contributed by atoms with Gasteiger partial charge in [0.1, 0.15) is 0 Å². The maximum atomic E-state index is 5.77. The molecule has 0 aromatic carbocycles. The highest BCUT2D eigenvalue weighted by Gasteiger charge is 2.14. The van der Waals surface area contributed by atoms with Crippen molar-refractivity contribution in [1.82, 2.24) is 4.90 Å². The number of likely N-dealkylation sites (N-methyl/N-ethyl adjacent to an activating group) is 1. The number of nitrogens with zero attached hydrogens (tertiary/aromatic N) is 2. The van der Waals surface area contributed by atoms with Gasteiger partial charge in [0.2, 0.25) is 0 Å². The summed E-state index contributed by atoms with van der Waals surface area (Å²) in [6.07, 6.45) is 0. The fourth-order valence-electron chi connectivity index (χ4n) is 0.608. The SMILES string of the molecule is CN(C)CCN=C(N)C(C)(C)C. The largest absolute Gasteiger partial charge is 0.387 e. The number of hydrogen-bond donors (Lipinski definition) is 1. The smallest absolute Gasteiger partial charge is 0.0991 e. The van der Waals surface area contributed by atoms with E-state index in [1.54, 1.807) is 0 Å². The summed E-state index contributed by atoms with van der Waals surface area (Å²) in [6, 6.07) is 0. The molecule has 0 heterocycles. The highest BCUT2D eigenvalue weighted by Crippen LogP contribution is 2.12. The third kappa shape index (κ3) is 5.13. The van der Waals surface area contributed by atoms with Crippen LogP contribution >= 0.6 is 0 Å². The molecule has 0 aromatic heterocycles. The van der Waals surface area contributed by atoms with E-state index in [4.69, 9.17) is 5.73 Å². The molecule has 0 rings (SSSR count). The maximum absolute atomic E-state index is 5.77. The van der Waals surface area contributed by atoms with Crippen LogP contribution in [0, 0.1) is 5.41 Å². The van der Waals surface area contributed by atoms with Crippen molar-refractivity contribution < 1.29 is 0 Å². The van der Waals surface area contributed by atoms with Crippen molar-refractivity contribution >= 4 is 5.84 Å². The lowest BCUT2D eigenvalue weighted by atomic mass is 9.95. The van der Waals surface area contributed by atoms with Gasteiger partial charge in [0.05, 0.1) is 12.4 Å². The van der Waals surface area contributed by atoms with Gasteiger partial charge in [-0.25, -0.2) is 0 Å². The molecule has 0 atom stereocenters. The van der Waals surface area contributed by atoms with E-state index >= 15 is 0 Å². The van der Waals surface area contributed by atoms with E-state index in [1.165, 1.54) is 0 Å². The van der Waals surface area contributed by atoms with Crippen molar-refractivity contribution in [1.29, 1.82) is 0 Å². The van der Waals surface area contributed by atoms with Crippen LogP contribution < -0.4 is 5.73 Å². The Morgan fingerprint density at radius 2 is 1.83 bits per heavy atom. The predicted octanol–water partition coefficient (Wildman–Crippen LogP) is 0.951. The number of rotatable bonds is 3. The molecule has 0 saturated heterocycles. The number of hydrogen-bond acceptors (Lipinski definition) is 2. The molecule has 0 fully saturated rings. The molecular weight excluding hydrogens is 150 g/mol. The topological polar surface area (TPSA) is 41.6 Å². The fourth-order valence-corrected chi connectivity index (χ4v) is 0.608. The first-order valence-corrected chi connectivity index (χ1v) is 4.29. The van der Waals surface area contributed by atoms with Crippen molar-refractivity contribution in [3.8, 4) is 0 Å². The minimum absolute atomic E-state index is 0.00626. The number of nitrogens with two attached hydrogens (primary N) is 1. The van der Waals surface area contributed by atoms with E-state index < -0.39 is 0 Å². The lowest BCUT2D eigenvalue weighted by Gasteiger charge is -2.17. The minimum Gasteiger partial charge on any atom is -0.387 e. The highest BCUT2D eigenvalue weighted by atomic mass is 15.1. The number of aliphatic imine (C=N–C) groups is 1. The quantitative estimate of drug-likeness (QED) is 0.507. The average Bonchev–Trinajstić information content (AvgIpc) is 1.84. The molecule has 0 aromatic rings. The van der Waals surface area contributed by atoms with Gasteiger partial charge in [0, 0.05) is 12.0 Å². The van der Waals surface area contributed by atoms with Crippen LogP contribution in [-0.4, -0.2) is 37.9 Å². The van der Waals surface area contributed by atoms with Crippen molar-refractivity contribution in [3.63, 3.8) is 0 Å². The molecule has 0 bridgehead atoms. The molecule has 0 amide bonds. The van der Waals surface area contributed by atoms with E-state index in [2.05, 4.69) is 30.7 Å². The molecule has 0 aliphatic rings. The fraction of sp³-hybridized carbons (Fsp3) is 0.889. The molecule has 0 spiro atoms. The van der Waals surface area contributed by atoms with Gasteiger partial charge >= 0.3 is 0 Å². The third-order valence-corrected chi connectivity index (χ3v) is 1.60. The molecule has 0 aliphatic carbocycles. The lowest BCUT2D eigenvalue weighted by Crippen LogP contribution is -2.30. The Morgan fingerprint density at radius 1 is 1.33 bits per heavy atom. The van der Waals surface area contributed by atoms with E-state index in [0.717, 1.165) is 18.9 Å². The second-order valence-corrected chi connectivity index (χ2v) is 4.32. The summed E-state index contributed by atoms with van der Waals surface area (Å²) in [5, 5.41) is 0. The molecule has 0 aliphatic heterocycles. The van der Waals surface area contributed by atoms with Crippen LogP contribution in [0.25, 0.3) is 0 Å². The molecule has 12 heavy (non-hydrogen) atoms. The Kier molecular flexibility index (Phi) is 4.24. The third-order valence-electron chi connectivity index (χ3n) is 1.60. The predicted molar refractivity (Wildman–Crippen MR) is 54.5 cm³/mol. The van der Waals surface area contributed by atoms with Crippen LogP contribution in [0.3, 0.4) is 0 Å². The highest BCUT2D eigenvalue weighted by molar-refractivity contribution is 5.85. The monoisotopic (exact) mass is 171 g/mol. The van der Waals surface area contributed by atoms with E-state index in [1.807, 2.05) is 14.1 Å². The van der Waals surface area contributed by atoms with Crippen LogP contribution in [0.2, 0.25) is 0 Å². The van der Waals surface area contributed by atoms with Gasteiger partial charge < -0.3 is 10.6 Å². The summed E-state index contributed by atoms with van der Waals surface area (Å²) in [6.45, 7) is 7.96. The summed E-state index contributed by atoms with van der Waals surface area (Å²) in [4.78, 5) is 6.38. The van der Waals surface area contributed by atoms with Gasteiger partial charge in [-0.1, -0.05) is 20.8 Å². The van der Waals surface area contributed by atoms with Crippen molar-refractivity contribution in [2.45, 2.75) is 20.8 Å². The Hall–Kier alpha value is -0.570. The lowest BCUT2D eigenvalue weighted by molar-refractivity contribution is 0.419. The van der Waals surface area contributed by atoms with Crippen LogP contribution in [0.5, 0.6) is 0 Å². The second kappa shape index (κ2) is 4.45. The molecule has 0 radical (unpaired) electrons. The number of amidine groups is 1. The summed E-state index contributed by atoms with van der Waals surface area (Å²) in [5.74, 6) is 0.740. The van der Waals surface area contributed by atoms with E-state index in [-0.39, 0.29) is 5.41 Å². The minimum atomic E-state index is 0.00626. The second-order valence-electron chi connectivity index (χ2n) is 4.32. The summed E-state index contributed by atoms with van der Waals surface area (Å²) in [7, 11) is 4.06. The standard InChI is InChI=1S/C9H21N3/c1-9(2,3)8(10)11-6-7-12(4)5/h6-7H2,1-5H3,(H2,10,11). The zero-order valence-corrected chi connectivity index (χ0v) is 8.89. The van der Waals surface area contributed by atoms with Gasteiger partial charge in [-0.05, 0) is 14.1 Å². The van der Waals surface area contributed by atoms with E-state index in [9.17, 15) is 0 Å². The van der Waals surface area contributed by atoms with Crippen molar-refractivity contribution in [2.24, 2.45) is 16.1 Å². The Balaban J connectivity index is 3.86. The zero-order chi connectivity index (χ0) is 9.78. The molecule has 2 N–H and O–H groups in total. The molecular formula is C9H21N3. The van der Waals surface area contributed by atoms with Crippen LogP contribution in [0.4, 0.5) is 0 Å². The molecule has 0 saturated carbocycles. The first kappa shape index (κ1) is 11.4. The normalized spacial score (nSPS) is 14.0. The molecule has 3 heteroatoms. The summed E-state index contributed by atoms with van der Waals surface area (Å²) >= 11 is 0. The zero-order valence-electron chi connectivity index (χ0n) is 8.89. The van der Waals surface area contributed by atoms with Gasteiger partial charge in [0.15, 0.2) is 0 Å². The Bertz CT molecular complexity index is 154. The molecule has 3 nitrogen and oxygen atoms in total. The van der Waals surface area contributed by atoms with Gasteiger partial charge in [-0.2, -0.15) is 0 Å². The Morgan fingerprint density at radius 3 is 2.17 bits per heavy atom.